The van der Waals surface area contributed by atoms with Gasteiger partial charge in [-0.1, -0.05) is 0 Å². The Morgan fingerprint density at radius 2 is 2.12 bits per heavy atom. The molecule has 86 valence electrons. The molecular weight excluding hydrogens is 214 g/mol. The van der Waals surface area contributed by atoms with E-state index < -0.39 is 18.5 Å². The zero-order valence-corrected chi connectivity index (χ0v) is 8.67. The first-order valence-electron chi connectivity index (χ1n) is 4.61. The van der Waals surface area contributed by atoms with Crippen LogP contribution in [-0.4, -0.2) is 35.2 Å². The van der Waals surface area contributed by atoms with E-state index in [0.29, 0.717) is 0 Å². The maximum absolute atomic E-state index is 11.3. The highest BCUT2D eigenvalue weighted by molar-refractivity contribution is 5.90. The molecule has 16 heavy (non-hydrogen) atoms. The van der Waals surface area contributed by atoms with Crippen LogP contribution in [0.25, 0.3) is 0 Å². The second-order valence-corrected chi connectivity index (χ2v) is 2.79. The molecule has 0 saturated carbocycles. The second-order valence-electron chi connectivity index (χ2n) is 2.79. The average Bonchev–Trinajstić information content (AvgIpc) is 2.27. The standard InChI is InChI=1S/C10H11NO5/c1-2-15-9(13)6-16-10(14)7-3-4-8(12)11-5-7/h3-5H,2,6H2,1H3,(H,11,12). The van der Waals surface area contributed by atoms with Crippen molar-refractivity contribution in [2.45, 2.75) is 6.92 Å². The lowest BCUT2D eigenvalue weighted by Gasteiger charge is -2.03. The maximum atomic E-state index is 11.3. The molecule has 0 radical (unpaired) electrons. The predicted molar refractivity (Wildman–Crippen MR) is 52.8 cm³/mol. The van der Waals surface area contributed by atoms with Gasteiger partial charge < -0.3 is 14.6 Å². The third-order valence-electron chi connectivity index (χ3n) is 1.61. The molecule has 0 aliphatic carbocycles. The molecule has 0 bridgehead atoms. The van der Waals surface area contributed by atoms with Crippen molar-refractivity contribution in [3.63, 3.8) is 0 Å². The van der Waals surface area contributed by atoms with Crippen LogP contribution in [0.4, 0.5) is 0 Å². The van der Waals surface area contributed by atoms with Crippen molar-refractivity contribution in [3.8, 4) is 5.88 Å². The number of aromatic hydroxyl groups is 1. The summed E-state index contributed by atoms with van der Waals surface area (Å²) in [7, 11) is 0. The SMILES string of the molecule is CCOC(=O)COC(=O)c1ccc(O)nc1. The summed E-state index contributed by atoms with van der Waals surface area (Å²) >= 11 is 0. The van der Waals surface area contributed by atoms with E-state index in [1.54, 1.807) is 6.92 Å². The molecular formula is C10H11NO5. The molecule has 1 heterocycles. The minimum Gasteiger partial charge on any atom is -0.493 e. The Kier molecular flexibility index (Phi) is 4.26. The molecule has 0 saturated heterocycles. The lowest BCUT2D eigenvalue weighted by molar-refractivity contribution is -0.146. The van der Waals surface area contributed by atoms with Crippen LogP contribution in [0.2, 0.25) is 0 Å². The summed E-state index contributed by atoms with van der Waals surface area (Å²) in [5.41, 5.74) is 0.155. The first kappa shape index (κ1) is 12.0. The summed E-state index contributed by atoms with van der Waals surface area (Å²) in [6.07, 6.45) is 1.16. The number of esters is 2. The molecule has 0 amide bonds. The van der Waals surface area contributed by atoms with Crippen molar-refractivity contribution in [2.24, 2.45) is 0 Å². The van der Waals surface area contributed by atoms with Crippen molar-refractivity contribution >= 4 is 11.9 Å². The van der Waals surface area contributed by atoms with E-state index >= 15 is 0 Å². The number of aromatic nitrogens is 1. The Morgan fingerprint density at radius 1 is 1.38 bits per heavy atom. The van der Waals surface area contributed by atoms with Gasteiger partial charge in [-0.15, -0.1) is 0 Å². The molecule has 0 fully saturated rings. The van der Waals surface area contributed by atoms with E-state index in [4.69, 9.17) is 5.11 Å². The van der Waals surface area contributed by atoms with E-state index in [9.17, 15) is 9.59 Å². The highest BCUT2D eigenvalue weighted by atomic mass is 16.6. The fourth-order valence-corrected chi connectivity index (χ4v) is 0.917. The van der Waals surface area contributed by atoms with E-state index in [2.05, 4.69) is 14.5 Å². The molecule has 0 aromatic carbocycles. The maximum Gasteiger partial charge on any atom is 0.344 e. The van der Waals surface area contributed by atoms with Crippen molar-refractivity contribution in [2.75, 3.05) is 13.2 Å². The summed E-state index contributed by atoms with van der Waals surface area (Å²) in [6.45, 7) is 1.45. The first-order valence-corrected chi connectivity index (χ1v) is 4.61. The van der Waals surface area contributed by atoms with Gasteiger partial charge in [0.25, 0.3) is 0 Å². The third kappa shape index (κ3) is 3.56. The number of hydrogen-bond acceptors (Lipinski definition) is 6. The molecule has 0 atom stereocenters. The fourth-order valence-electron chi connectivity index (χ4n) is 0.917. The van der Waals surface area contributed by atoms with Crippen LogP contribution in [0.15, 0.2) is 18.3 Å². The quantitative estimate of drug-likeness (QED) is 0.751. The summed E-state index contributed by atoms with van der Waals surface area (Å²) in [5, 5.41) is 8.89. The van der Waals surface area contributed by atoms with Crippen LogP contribution in [0.1, 0.15) is 17.3 Å². The number of rotatable bonds is 4. The van der Waals surface area contributed by atoms with Gasteiger partial charge in [-0.3, -0.25) is 0 Å². The number of nitrogens with zero attached hydrogens (tertiary/aromatic N) is 1. The summed E-state index contributed by atoms with van der Waals surface area (Å²) in [4.78, 5) is 25.7. The highest BCUT2D eigenvalue weighted by Gasteiger charge is 2.10. The molecule has 1 aromatic rings. The van der Waals surface area contributed by atoms with Crippen molar-refractivity contribution < 1.29 is 24.2 Å². The number of carbonyl (C=O) groups is 2. The van der Waals surface area contributed by atoms with Gasteiger partial charge in [0.15, 0.2) is 6.61 Å². The molecule has 0 aliphatic rings. The molecule has 0 spiro atoms. The molecule has 6 nitrogen and oxygen atoms in total. The van der Waals surface area contributed by atoms with Crippen LogP contribution in [0.5, 0.6) is 5.88 Å². The van der Waals surface area contributed by atoms with E-state index in [1.165, 1.54) is 12.1 Å². The van der Waals surface area contributed by atoms with Gasteiger partial charge in [-0.2, -0.15) is 0 Å². The van der Waals surface area contributed by atoms with Crippen LogP contribution in [0.3, 0.4) is 0 Å². The Bertz CT molecular complexity index is 373. The molecule has 0 unspecified atom stereocenters. The van der Waals surface area contributed by atoms with Crippen molar-refractivity contribution in [1.82, 2.24) is 4.98 Å². The smallest absolute Gasteiger partial charge is 0.344 e. The topological polar surface area (TPSA) is 85.7 Å². The Labute approximate surface area is 91.8 Å². The zero-order chi connectivity index (χ0) is 12.0. The van der Waals surface area contributed by atoms with Crippen LogP contribution in [0, 0.1) is 0 Å². The second kappa shape index (κ2) is 5.69. The molecule has 6 heteroatoms. The lowest BCUT2D eigenvalue weighted by Crippen LogP contribution is -2.16. The Hall–Kier alpha value is -2.11. The van der Waals surface area contributed by atoms with Gasteiger partial charge >= 0.3 is 11.9 Å². The van der Waals surface area contributed by atoms with E-state index in [1.807, 2.05) is 0 Å². The van der Waals surface area contributed by atoms with Gasteiger partial charge in [0.2, 0.25) is 5.88 Å². The zero-order valence-electron chi connectivity index (χ0n) is 8.67. The molecule has 0 aliphatic heterocycles. The highest BCUT2D eigenvalue weighted by Crippen LogP contribution is 2.06. The first-order chi connectivity index (χ1) is 7.63. The van der Waals surface area contributed by atoms with Crippen LogP contribution in [-0.2, 0) is 14.3 Å². The van der Waals surface area contributed by atoms with Gasteiger partial charge in [0.1, 0.15) is 0 Å². The number of carbonyl (C=O) groups excluding carboxylic acids is 2. The fraction of sp³-hybridized carbons (Fsp3) is 0.300. The Balaban J connectivity index is 2.47. The van der Waals surface area contributed by atoms with Gasteiger partial charge in [0, 0.05) is 12.3 Å². The summed E-state index contributed by atoms with van der Waals surface area (Å²) in [5.74, 6) is -1.50. The van der Waals surface area contributed by atoms with Crippen molar-refractivity contribution in [3.05, 3.63) is 23.9 Å². The van der Waals surface area contributed by atoms with E-state index in [-0.39, 0.29) is 18.1 Å². The monoisotopic (exact) mass is 225 g/mol. The number of pyridine rings is 1. The summed E-state index contributed by atoms with van der Waals surface area (Å²) < 4.78 is 9.22. The molecule has 1 aromatic heterocycles. The minimum absolute atomic E-state index is 0.155. The molecule has 1 N–H and O–H groups in total. The minimum atomic E-state index is -0.694. The van der Waals surface area contributed by atoms with E-state index in [0.717, 1.165) is 6.20 Å². The normalized spacial score (nSPS) is 9.56. The average molecular weight is 225 g/mol. The van der Waals surface area contributed by atoms with Crippen molar-refractivity contribution in [1.29, 1.82) is 0 Å². The largest absolute Gasteiger partial charge is 0.493 e. The third-order valence-corrected chi connectivity index (χ3v) is 1.61. The Morgan fingerprint density at radius 3 is 2.69 bits per heavy atom. The lowest BCUT2D eigenvalue weighted by atomic mass is 10.3. The van der Waals surface area contributed by atoms with Gasteiger partial charge in [0.05, 0.1) is 12.2 Å². The van der Waals surface area contributed by atoms with Gasteiger partial charge in [-0.05, 0) is 13.0 Å². The van der Waals surface area contributed by atoms with Crippen LogP contribution >= 0.6 is 0 Å². The number of hydrogen-bond donors (Lipinski definition) is 1. The predicted octanol–water partition coefficient (Wildman–Crippen LogP) is 0.507. The molecule has 1 rings (SSSR count). The number of ether oxygens (including phenoxy) is 2. The van der Waals surface area contributed by atoms with Gasteiger partial charge in [-0.25, -0.2) is 14.6 Å². The van der Waals surface area contributed by atoms with Crippen LogP contribution < -0.4 is 0 Å². The summed E-state index contributed by atoms with van der Waals surface area (Å²) in [6, 6.07) is 2.59.